The Kier molecular flexibility index (Phi) is 5.29. The van der Waals surface area contributed by atoms with Crippen LogP contribution < -0.4 is 0 Å². The summed E-state index contributed by atoms with van der Waals surface area (Å²) in [6, 6.07) is 0. The van der Waals surface area contributed by atoms with Crippen LogP contribution in [-0.4, -0.2) is 46.0 Å². The van der Waals surface area contributed by atoms with Gasteiger partial charge >= 0.3 is 12.1 Å². The molecule has 1 heterocycles. The van der Waals surface area contributed by atoms with Crippen LogP contribution in [0, 0.1) is 11.3 Å². The quantitative estimate of drug-likeness (QED) is 0.409. The van der Waals surface area contributed by atoms with Crippen molar-refractivity contribution in [3.8, 4) is 0 Å². The van der Waals surface area contributed by atoms with Crippen LogP contribution in [0.5, 0.6) is 0 Å². The second-order valence-electron chi connectivity index (χ2n) is 8.65. The molecule has 3 aliphatic rings. The van der Waals surface area contributed by atoms with E-state index < -0.39 is 47.6 Å². The number of allylic oxidation sites excluding steroid dienone is 2. The van der Waals surface area contributed by atoms with Crippen molar-refractivity contribution in [1.29, 1.82) is 0 Å². The standard InChI is InChI=1S/C21H27F3O5/c1-12-10-19(28-13(2)14(3)29-19)11-18(4,21(22,23)24)20(12,27)8-7-16(9-17(25)26)15-5-6-15/h7-10,13-15,27H,5-6,11H2,1-4H3,(H,25,26)/b8-7+,16-9+. The fourth-order valence-electron chi connectivity index (χ4n) is 4.26. The van der Waals surface area contributed by atoms with Crippen molar-refractivity contribution < 1.29 is 37.7 Å². The Morgan fingerprint density at radius 2 is 1.79 bits per heavy atom. The number of ether oxygens (including phenoxy) is 2. The van der Waals surface area contributed by atoms with Gasteiger partial charge in [-0.25, -0.2) is 4.79 Å². The number of hydrogen-bond acceptors (Lipinski definition) is 4. The Morgan fingerprint density at radius 3 is 2.24 bits per heavy atom. The smallest absolute Gasteiger partial charge is 0.397 e. The maximum atomic E-state index is 14.3. The molecule has 4 atom stereocenters. The first kappa shape index (κ1) is 22.1. The lowest BCUT2D eigenvalue weighted by Crippen LogP contribution is -2.61. The molecule has 0 amide bonds. The molecule has 1 aliphatic heterocycles. The van der Waals surface area contributed by atoms with Gasteiger partial charge in [0, 0.05) is 12.5 Å². The molecule has 2 N–H and O–H groups in total. The predicted molar refractivity (Wildman–Crippen MR) is 98.9 cm³/mol. The molecule has 1 saturated carbocycles. The van der Waals surface area contributed by atoms with Gasteiger partial charge in [-0.3, -0.25) is 0 Å². The highest BCUT2D eigenvalue weighted by Gasteiger charge is 2.69. The van der Waals surface area contributed by atoms with E-state index >= 15 is 0 Å². The molecule has 5 nitrogen and oxygen atoms in total. The van der Waals surface area contributed by atoms with Gasteiger partial charge in [-0.15, -0.1) is 0 Å². The topological polar surface area (TPSA) is 76.0 Å². The first-order valence-corrected chi connectivity index (χ1v) is 9.71. The number of carboxylic acid groups (broad SMARTS) is 1. The molecule has 0 aromatic rings. The van der Waals surface area contributed by atoms with Crippen LogP contribution in [0.3, 0.4) is 0 Å². The summed E-state index contributed by atoms with van der Waals surface area (Å²) in [7, 11) is 0. The summed E-state index contributed by atoms with van der Waals surface area (Å²) in [6.07, 6.45) is 0.171. The van der Waals surface area contributed by atoms with E-state index in [9.17, 15) is 23.1 Å². The van der Waals surface area contributed by atoms with Crippen LogP contribution in [-0.2, 0) is 14.3 Å². The average molecular weight is 416 g/mol. The third-order valence-corrected chi connectivity index (χ3v) is 6.39. The van der Waals surface area contributed by atoms with Crippen molar-refractivity contribution in [1.82, 2.24) is 0 Å². The SMILES string of the molecule is CC1=CC2(CC(C)(C(F)(F)F)C1(O)/C=C/C(=C\C(=O)O)C1CC1)OC(C)C(C)O2. The summed E-state index contributed by atoms with van der Waals surface area (Å²) in [4.78, 5) is 11.1. The van der Waals surface area contributed by atoms with E-state index in [1.807, 2.05) is 0 Å². The molecule has 0 aromatic carbocycles. The van der Waals surface area contributed by atoms with Gasteiger partial charge in [-0.1, -0.05) is 6.08 Å². The molecule has 2 fully saturated rings. The second-order valence-corrected chi connectivity index (χ2v) is 8.65. The number of aliphatic carboxylic acids is 1. The lowest BCUT2D eigenvalue weighted by Gasteiger charge is -2.51. The number of alkyl halides is 3. The summed E-state index contributed by atoms with van der Waals surface area (Å²) in [5.74, 6) is -2.75. The van der Waals surface area contributed by atoms with E-state index in [4.69, 9.17) is 14.6 Å². The molecule has 3 rings (SSSR count). The van der Waals surface area contributed by atoms with E-state index in [0.717, 1.165) is 31.9 Å². The number of carboxylic acids is 1. The van der Waals surface area contributed by atoms with E-state index in [1.165, 1.54) is 19.1 Å². The number of aliphatic hydroxyl groups is 1. The van der Waals surface area contributed by atoms with E-state index in [0.29, 0.717) is 5.57 Å². The minimum absolute atomic E-state index is 0.00879. The molecule has 0 aromatic heterocycles. The zero-order valence-corrected chi connectivity index (χ0v) is 16.9. The zero-order chi connectivity index (χ0) is 21.8. The fraction of sp³-hybridized carbons (Fsp3) is 0.667. The van der Waals surface area contributed by atoms with Crippen molar-refractivity contribution in [3.05, 3.63) is 35.5 Å². The van der Waals surface area contributed by atoms with Gasteiger partial charge in [0.1, 0.15) is 11.0 Å². The van der Waals surface area contributed by atoms with Crippen molar-refractivity contribution >= 4 is 5.97 Å². The number of rotatable bonds is 4. The summed E-state index contributed by atoms with van der Waals surface area (Å²) in [6.45, 7) is 5.82. The molecule has 0 bridgehead atoms. The van der Waals surface area contributed by atoms with Gasteiger partial charge in [-0.05, 0) is 69.8 Å². The Hall–Kier alpha value is -1.64. The molecule has 2 aliphatic carbocycles. The van der Waals surface area contributed by atoms with Gasteiger partial charge in [0.15, 0.2) is 5.79 Å². The summed E-state index contributed by atoms with van der Waals surface area (Å²) >= 11 is 0. The number of carbonyl (C=O) groups is 1. The lowest BCUT2D eigenvalue weighted by atomic mass is 9.61. The number of halogens is 3. The molecule has 1 spiro atoms. The Balaban J connectivity index is 2.07. The van der Waals surface area contributed by atoms with Gasteiger partial charge in [-0.2, -0.15) is 13.2 Å². The van der Waals surface area contributed by atoms with Crippen molar-refractivity contribution in [2.24, 2.45) is 11.3 Å². The Bertz CT molecular complexity index is 770. The normalized spacial score (nSPS) is 41.2. The molecule has 0 radical (unpaired) electrons. The van der Waals surface area contributed by atoms with E-state index in [2.05, 4.69) is 0 Å². The Morgan fingerprint density at radius 1 is 1.24 bits per heavy atom. The molecular weight excluding hydrogens is 389 g/mol. The average Bonchev–Trinajstić information content (AvgIpc) is 3.36. The largest absolute Gasteiger partial charge is 0.478 e. The van der Waals surface area contributed by atoms with Crippen molar-refractivity contribution in [2.45, 2.75) is 76.7 Å². The molecule has 4 unspecified atom stereocenters. The first-order chi connectivity index (χ1) is 13.2. The summed E-state index contributed by atoms with van der Waals surface area (Å²) in [5.41, 5.74) is -4.52. The fourth-order valence-corrected chi connectivity index (χ4v) is 4.26. The molecular formula is C21H27F3O5. The minimum Gasteiger partial charge on any atom is -0.478 e. The maximum absolute atomic E-state index is 14.3. The third kappa shape index (κ3) is 3.78. The summed E-state index contributed by atoms with van der Waals surface area (Å²) in [5, 5.41) is 20.3. The van der Waals surface area contributed by atoms with Gasteiger partial charge in [0.05, 0.1) is 12.2 Å². The molecule has 29 heavy (non-hydrogen) atoms. The highest BCUT2D eigenvalue weighted by atomic mass is 19.4. The minimum atomic E-state index is -4.77. The number of hydrogen-bond donors (Lipinski definition) is 2. The van der Waals surface area contributed by atoms with Crippen LogP contribution in [0.4, 0.5) is 13.2 Å². The molecule has 162 valence electrons. The lowest BCUT2D eigenvalue weighted by molar-refractivity contribution is -0.296. The summed E-state index contributed by atoms with van der Waals surface area (Å²) < 4.78 is 54.4. The maximum Gasteiger partial charge on any atom is 0.397 e. The highest BCUT2D eigenvalue weighted by Crippen LogP contribution is 2.59. The predicted octanol–water partition coefficient (Wildman–Crippen LogP) is 4.13. The first-order valence-electron chi connectivity index (χ1n) is 9.71. The van der Waals surface area contributed by atoms with Crippen LogP contribution >= 0.6 is 0 Å². The second kappa shape index (κ2) is 6.96. The van der Waals surface area contributed by atoms with E-state index in [1.54, 1.807) is 13.8 Å². The van der Waals surface area contributed by atoms with Crippen LogP contribution in [0.1, 0.15) is 47.0 Å². The Labute approximate surface area is 167 Å². The zero-order valence-electron chi connectivity index (χ0n) is 16.9. The van der Waals surface area contributed by atoms with E-state index in [-0.39, 0.29) is 11.5 Å². The van der Waals surface area contributed by atoms with Gasteiger partial charge in [0.25, 0.3) is 0 Å². The highest BCUT2D eigenvalue weighted by molar-refractivity contribution is 5.81. The molecule has 1 saturated heterocycles. The van der Waals surface area contributed by atoms with Crippen molar-refractivity contribution in [3.63, 3.8) is 0 Å². The van der Waals surface area contributed by atoms with Crippen LogP contribution in [0.15, 0.2) is 35.5 Å². The van der Waals surface area contributed by atoms with Gasteiger partial charge in [0.2, 0.25) is 0 Å². The molecule has 8 heteroatoms. The van der Waals surface area contributed by atoms with Crippen LogP contribution in [0.25, 0.3) is 0 Å². The van der Waals surface area contributed by atoms with Crippen molar-refractivity contribution in [2.75, 3.05) is 0 Å². The van der Waals surface area contributed by atoms with Crippen LogP contribution in [0.2, 0.25) is 0 Å². The third-order valence-electron chi connectivity index (χ3n) is 6.39. The monoisotopic (exact) mass is 416 g/mol. The van der Waals surface area contributed by atoms with Gasteiger partial charge < -0.3 is 19.7 Å².